The van der Waals surface area contributed by atoms with Crippen molar-refractivity contribution in [2.75, 3.05) is 63.0 Å². The number of carbonyl (C=O) groups is 12. The summed E-state index contributed by atoms with van der Waals surface area (Å²) in [6.45, 7) is 31.6. The van der Waals surface area contributed by atoms with Crippen molar-refractivity contribution in [1.82, 2.24) is 30.4 Å². The first-order chi connectivity index (χ1) is 44.7. The van der Waals surface area contributed by atoms with Crippen LogP contribution >= 0.6 is 0 Å². The van der Waals surface area contributed by atoms with Gasteiger partial charge in [-0.3, -0.25) is 28.8 Å². The van der Waals surface area contributed by atoms with Crippen molar-refractivity contribution in [3.8, 4) is 11.5 Å². The van der Waals surface area contributed by atoms with Gasteiger partial charge in [0.05, 0.1) is 22.3 Å². The lowest BCUT2D eigenvalue weighted by Crippen LogP contribution is -2.36. The Morgan fingerprint density at radius 1 is 0.505 bits per heavy atom. The van der Waals surface area contributed by atoms with E-state index in [9.17, 15) is 62.6 Å². The number of aryl methyl sites for hydroxylation is 2. The van der Waals surface area contributed by atoms with E-state index >= 15 is 0 Å². The minimum atomic E-state index is -1.39. The van der Waals surface area contributed by atoms with Gasteiger partial charge in [-0.15, -0.1) is 0 Å². The molecule has 0 saturated heterocycles. The Balaban J connectivity index is 0.000000339. The number of anilines is 2. The Hall–Kier alpha value is -10.2. The van der Waals surface area contributed by atoms with Gasteiger partial charge in [-0.1, -0.05) is 27.7 Å². The number of phenolic OH excluding ortho intramolecular Hbond substituents is 1. The molecule has 6 atom stereocenters. The topological polar surface area (TPSA) is 396 Å². The second-order valence-corrected chi connectivity index (χ2v) is 21.9. The fourth-order valence-corrected chi connectivity index (χ4v) is 9.48. The van der Waals surface area contributed by atoms with Gasteiger partial charge >= 0.3 is 47.8 Å². The number of amides is 4. The Labute approximate surface area is 549 Å². The quantitative estimate of drug-likeness (QED) is 0.0117. The number of carboxylic acid groups (broad SMARTS) is 1. The van der Waals surface area contributed by atoms with Crippen molar-refractivity contribution in [3.63, 3.8) is 0 Å². The molecule has 0 bridgehead atoms. The first-order valence-electron chi connectivity index (χ1n) is 30.7. The highest BCUT2D eigenvalue weighted by atomic mass is 16.6. The number of carboxylic acids is 1. The second-order valence-electron chi connectivity index (χ2n) is 21.9. The molecule has 29 heteroatoms. The summed E-state index contributed by atoms with van der Waals surface area (Å²) in [6, 6.07) is 9.31. The Morgan fingerprint density at radius 3 is 1.22 bits per heavy atom. The van der Waals surface area contributed by atoms with Crippen molar-refractivity contribution in [1.29, 1.82) is 0 Å². The van der Waals surface area contributed by atoms with Crippen molar-refractivity contribution < 1.29 is 101 Å². The lowest BCUT2D eigenvalue weighted by atomic mass is 10.0. The van der Waals surface area contributed by atoms with Crippen LogP contribution < -0.4 is 26.0 Å². The van der Waals surface area contributed by atoms with E-state index in [1.165, 1.54) is 52.8 Å². The number of ether oxygens (including phenoxy) is 7. The summed E-state index contributed by atoms with van der Waals surface area (Å²) in [5.41, 5.74) is 8.27. The van der Waals surface area contributed by atoms with Crippen LogP contribution in [0.15, 0.2) is 36.4 Å². The lowest BCUT2D eigenvalue weighted by Gasteiger charge is -2.18. The second kappa shape index (κ2) is 35.8. The lowest BCUT2D eigenvalue weighted by molar-refractivity contribution is -0.180. The highest BCUT2D eigenvalue weighted by Gasteiger charge is 2.32. The SMILES string of the molecule is CC(=O)O[C@@H](C)C(=O)O[C@H](C)C(=O)O[C@H](C)C(=O)O.CCN(CC)CCNC(=O)c1c(C)[nH]c(/C=C2\C(=O)Nc3ccc(O)cc32)c1C.CCN(CC)CCNC(=O)c1c(C)[nH]c(/C=C2\C(=O)Nc3ccc(OC(=O)[C@H](C)OC(=O)[C@H](C)OC(=O)[C@H](C)OC(C)=O)cc32)c1C. The number of likely N-dealkylation sites (N-methyl/N-ethyl adjacent to an activating group) is 2. The number of H-pyrrole nitrogens is 2. The number of benzene rings is 2. The zero-order valence-electron chi connectivity index (χ0n) is 56.3. The third kappa shape index (κ3) is 22.0. The van der Waals surface area contributed by atoms with Crippen LogP contribution in [0.5, 0.6) is 11.5 Å². The van der Waals surface area contributed by atoms with E-state index in [2.05, 4.69) is 82.9 Å². The number of fused-ring (bicyclic) bond motifs is 2. The normalized spacial score (nSPS) is 14.7. The molecule has 2 aliphatic heterocycles. The molecule has 0 radical (unpaired) electrons. The van der Waals surface area contributed by atoms with Gasteiger partial charge < -0.3 is 84.4 Å². The van der Waals surface area contributed by atoms with Crippen LogP contribution in [-0.4, -0.2) is 190 Å². The number of aliphatic carboxylic acids is 1. The number of esters is 7. The largest absolute Gasteiger partial charge is 0.508 e. The number of aromatic hydroxyl groups is 1. The number of phenols is 1. The molecule has 4 amide bonds. The van der Waals surface area contributed by atoms with Crippen molar-refractivity contribution >= 4 is 106 Å². The summed E-state index contributed by atoms with van der Waals surface area (Å²) < 4.78 is 33.9. The van der Waals surface area contributed by atoms with Crippen LogP contribution in [0.4, 0.5) is 11.4 Å². The Kier molecular flexibility index (Phi) is 29.1. The van der Waals surface area contributed by atoms with E-state index in [0.29, 0.717) is 74.9 Å². The van der Waals surface area contributed by atoms with Crippen LogP contribution in [0, 0.1) is 27.7 Å². The van der Waals surface area contributed by atoms with Gasteiger partial charge in [0.2, 0.25) is 0 Å². The van der Waals surface area contributed by atoms with Crippen molar-refractivity contribution in [2.45, 2.75) is 147 Å². The third-order valence-electron chi connectivity index (χ3n) is 14.8. The summed E-state index contributed by atoms with van der Waals surface area (Å²) in [4.78, 5) is 154. The fourth-order valence-electron chi connectivity index (χ4n) is 9.48. The number of nitrogens with one attached hydrogen (secondary N) is 6. The average molecular weight is 1330 g/mol. The number of carbonyl (C=O) groups excluding carboxylic acids is 11. The monoisotopic (exact) mass is 1330 g/mol. The van der Waals surface area contributed by atoms with Crippen LogP contribution in [0.3, 0.4) is 0 Å². The number of aromatic nitrogens is 2. The molecule has 6 rings (SSSR count). The molecular weight excluding hydrogens is 1240 g/mol. The number of rotatable bonds is 27. The van der Waals surface area contributed by atoms with Crippen LogP contribution in [0.25, 0.3) is 23.3 Å². The molecule has 2 aromatic heterocycles. The van der Waals surface area contributed by atoms with Crippen LogP contribution in [-0.2, 0) is 76.4 Å². The molecule has 0 unspecified atom stereocenters. The molecule has 516 valence electrons. The molecule has 95 heavy (non-hydrogen) atoms. The minimum Gasteiger partial charge on any atom is -0.508 e. The molecule has 2 aromatic carbocycles. The van der Waals surface area contributed by atoms with Gasteiger partial charge in [-0.25, -0.2) is 28.8 Å². The minimum absolute atomic E-state index is 0.0846. The molecule has 29 nitrogen and oxygen atoms in total. The molecule has 2 aliphatic rings. The summed E-state index contributed by atoms with van der Waals surface area (Å²) in [5, 5.41) is 29.8. The van der Waals surface area contributed by atoms with Gasteiger partial charge in [0.25, 0.3) is 23.6 Å². The summed E-state index contributed by atoms with van der Waals surface area (Å²) >= 11 is 0. The van der Waals surface area contributed by atoms with E-state index in [4.69, 9.17) is 24.1 Å². The van der Waals surface area contributed by atoms with Gasteiger partial charge in [-0.05, 0) is 155 Å². The number of aromatic amines is 2. The van der Waals surface area contributed by atoms with E-state index in [0.717, 1.165) is 71.3 Å². The third-order valence-corrected chi connectivity index (χ3v) is 14.8. The van der Waals surface area contributed by atoms with Gasteiger partial charge in [-0.2, -0.15) is 0 Å². The van der Waals surface area contributed by atoms with Crippen LogP contribution in [0.1, 0.15) is 149 Å². The average Bonchev–Trinajstić information content (AvgIpc) is 1.65. The first-order valence-corrected chi connectivity index (χ1v) is 30.7. The number of hydrogen-bond donors (Lipinski definition) is 8. The smallest absolute Gasteiger partial charge is 0.352 e. The van der Waals surface area contributed by atoms with E-state index < -0.39 is 84.4 Å². The molecule has 4 heterocycles. The summed E-state index contributed by atoms with van der Waals surface area (Å²) in [5.74, 6) is -8.27. The maximum Gasteiger partial charge on any atom is 0.352 e. The fraction of sp³-hybridized carbons (Fsp3) is 0.455. The van der Waals surface area contributed by atoms with Crippen molar-refractivity contribution in [3.05, 3.63) is 92.6 Å². The Bertz CT molecular complexity index is 3590. The maximum atomic E-state index is 13.0. The zero-order valence-corrected chi connectivity index (χ0v) is 56.3. The predicted octanol–water partition coefficient (Wildman–Crippen LogP) is 5.70. The van der Waals surface area contributed by atoms with Gasteiger partial charge in [0.1, 0.15) is 11.5 Å². The molecular formula is C66H86N8O21. The first kappa shape index (κ1) is 77.3. The highest BCUT2D eigenvalue weighted by molar-refractivity contribution is 6.36. The molecule has 0 aliphatic carbocycles. The van der Waals surface area contributed by atoms with Crippen LogP contribution in [0.2, 0.25) is 0 Å². The van der Waals surface area contributed by atoms with Gasteiger partial charge in [0, 0.05) is 85.3 Å². The summed E-state index contributed by atoms with van der Waals surface area (Å²) in [7, 11) is 0. The summed E-state index contributed by atoms with van der Waals surface area (Å²) in [6.07, 6.45) is -4.44. The standard InChI is InChI=1S/C33H42N4O10.C22H28N4O3.C11H16O8/c1-9-37(10-2)14-13-34-30(40)28-17(3)27(35-18(28)4)16-25-24-15-23(11-12-26(24)36-29(25)39)47-33(43)21(7)46-32(42)20(6)45-31(41)19(5)44-22(8)38;1-5-26(6-2)10-9-23-22(29)20-13(3)19(24-14(20)4)12-17-16-11-15(27)7-8-18(16)25-21(17)28;1-5(9(13)14)18-11(16)7(3)19-10(15)6(2)17-8(4)12/h11-12,15-16,19-21,35H,9-10,13-14H2,1-8H3,(H,34,40)(H,36,39);7-8,11-12,24,27H,5-6,9-10H2,1-4H3,(H,23,29)(H,25,28);5-7H,1-4H3,(H,13,14)/b25-16-;17-12-;/t19-,20-,21-;;5-,6+,7-/m0.1/s1. The number of hydrogen-bond acceptors (Lipinski definition) is 22. The molecule has 0 fully saturated rings. The van der Waals surface area contributed by atoms with Gasteiger partial charge in [0.15, 0.2) is 36.6 Å². The maximum absolute atomic E-state index is 13.0. The highest BCUT2D eigenvalue weighted by Crippen LogP contribution is 2.38. The molecule has 4 aromatic rings. The van der Waals surface area contributed by atoms with Crippen molar-refractivity contribution in [2.24, 2.45) is 0 Å². The Morgan fingerprint density at radius 2 is 0.853 bits per heavy atom. The molecule has 0 spiro atoms. The number of nitrogens with zero attached hydrogens (tertiary/aromatic N) is 2. The molecule has 8 N–H and O–H groups in total. The van der Waals surface area contributed by atoms with E-state index in [1.54, 1.807) is 44.2 Å². The molecule has 0 saturated carbocycles. The zero-order chi connectivity index (χ0) is 71.3. The van der Waals surface area contributed by atoms with E-state index in [1.807, 2.05) is 13.8 Å². The predicted molar refractivity (Wildman–Crippen MR) is 346 cm³/mol. The van der Waals surface area contributed by atoms with E-state index in [-0.39, 0.29) is 40.7 Å².